The second-order valence-corrected chi connectivity index (χ2v) is 6.85. The molecule has 2 aromatic rings. The van der Waals surface area contributed by atoms with Crippen molar-refractivity contribution < 1.29 is 4.79 Å². The summed E-state index contributed by atoms with van der Waals surface area (Å²) < 4.78 is 1.82. The van der Waals surface area contributed by atoms with Crippen LogP contribution in [0.15, 0.2) is 18.5 Å². The van der Waals surface area contributed by atoms with Gasteiger partial charge in [0.15, 0.2) is 5.82 Å². The number of hydrogen-bond acceptors (Lipinski definition) is 5. The largest absolute Gasteiger partial charge is 0.355 e. The average Bonchev–Trinajstić information content (AvgIpc) is 3.01. The molecule has 0 bridgehead atoms. The van der Waals surface area contributed by atoms with E-state index in [4.69, 9.17) is 4.98 Å². The van der Waals surface area contributed by atoms with Crippen LogP contribution in [-0.2, 0) is 4.79 Å². The number of nitrogens with zero attached hydrogens (tertiary/aromatic N) is 6. The molecule has 3 rings (SSSR count). The maximum atomic E-state index is 12.6. The van der Waals surface area contributed by atoms with E-state index in [2.05, 4.69) is 15.0 Å². The lowest BCUT2D eigenvalue weighted by Crippen LogP contribution is -2.42. The van der Waals surface area contributed by atoms with Crippen molar-refractivity contribution in [2.75, 3.05) is 31.1 Å². The Morgan fingerprint density at radius 1 is 1.15 bits per heavy atom. The van der Waals surface area contributed by atoms with Gasteiger partial charge < -0.3 is 9.80 Å². The van der Waals surface area contributed by atoms with E-state index in [9.17, 15) is 4.79 Å². The van der Waals surface area contributed by atoms with Gasteiger partial charge in [-0.3, -0.25) is 9.78 Å². The molecule has 26 heavy (non-hydrogen) atoms. The molecule has 140 valence electrons. The minimum absolute atomic E-state index is 0.123. The van der Waals surface area contributed by atoms with Crippen molar-refractivity contribution in [3.8, 4) is 5.82 Å². The van der Waals surface area contributed by atoms with Crippen LogP contribution in [0.2, 0.25) is 0 Å². The molecule has 7 heteroatoms. The summed E-state index contributed by atoms with van der Waals surface area (Å²) >= 11 is 0. The Hall–Kier alpha value is -2.44. The number of aromatic nitrogens is 4. The topological polar surface area (TPSA) is 67.2 Å². The van der Waals surface area contributed by atoms with Gasteiger partial charge >= 0.3 is 0 Å². The predicted octanol–water partition coefficient (Wildman–Crippen LogP) is 2.36. The summed E-state index contributed by atoms with van der Waals surface area (Å²) in [7, 11) is 0. The minimum Gasteiger partial charge on any atom is -0.355 e. The standard InChI is InChI=1S/C19H28N6O/c1-5-23(6-2)19(26)16-7-9-24(10-8-16)17-12-20-13-18(21-17)25-15(4)11-14(3)22-25/h11-13,16H,5-10H2,1-4H3. The number of anilines is 1. The fraction of sp³-hybridized carbons (Fsp3) is 0.579. The SMILES string of the molecule is CCN(CC)C(=O)C1CCN(c2cncc(-n3nc(C)cc3C)n2)CC1. The third-order valence-electron chi connectivity index (χ3n) is 5.08. The van der Waals surface area contributed by atoms with E-state index in [0.717, 1.165) is 62.0 Å². The van der Waals surface area contributed by atoms with Gasteiger partial charge in [-0.2, -0.15) is 5.10 Å². The van der Waals surface area contributed by atoms with Crippen molar-refractivity contribution in [3.63, 3.8) is 0 Å². The van der Waals surface area contributed by atoms with Crippen molar-refractivity contribution in [3.05, 3.63) is 29.8 Å². The van der Waals surface area contributed by atoms with Gasteiger partial charge in [-0.05, 0) is 46.6 Å². The third-order valence-corrected chi connectivity index (χ3v) is 5.08. The Kier molecular flexibility index (Phi) is 5.54. The van der Waals surface area contributed by atoms with Gasteiger partial charge in [-0.1, -0.05) is 0 Å². The molecule has 0 spiro atoms. The summed E-state index contributed by atoms with van der Waals surface area (Å²) in [6.07, 6.45) is 5.25. The van der Waals surface area contributed by atoms with Gasteiger partial charge in [0.05, 0.1) is 18.1 Å². The molecule has 0 aliphatic carbocycles. The fourth-order valence-corrected chi connectivity index (χ4v) is 3.61. The predicted molar refractivity (Wildman–Crippen MR) is 101 cm³/mol. The van der Waals surface area contributed by atoms with E-state index in [0.29, 0.717) is 0 Å². The smallest absolute Gasteiger partial charge is 0.225 e. The Balaban J connectivity index is 1.69. The van der Waals surface area contributed by atoms with E-state index in [1.807, 2.05) is 43.3 Å². The maximum absolute atomic E-state index is 12.6. The second-order valence-electron chi connectivity index (χ2n) is 6.85. The molecule has 0 aromatic carbocycles. The molecule has 2 aromatic heterocycles. The van der Waals surface area contributed by atoms with Crippen LogP contribution in [0.1, 0.15) is 38.1 Å². The first kappa shape index (κ1) is 18.4. The molecule has 0 unspecified atom stereocenters. The first-order chi connectivity index (χ1) is 12.5. The highest BCUT2D eigenvalue weighted by Crippen LogP contribution is 2.24. The van der Waals surface area contributed by atoms with E-state index in [1.54, 1.807) is 12.4 Å². The molecule has 0 radical (unpaired) electrons. The molecule has 7 nitrogen and oxygen atoms in total. The number of aryl methyl sites for hydroxylation is 2. The lowest BCUT2D eigenvalue weighted by molar-refractivity contribution is -0.135. The summed E-state index contributed by atoms with van der Waals surface area (Å²) in [5.41, 5.74) is 2.00. The summed E-state index contributed by atoms with van der Waals surface area (Å²) in [4.78, 5) is 25.8. The molecule has 1 fully saturated rings. The van der Waals surface area contributed by atoms with Crippen LogP contribution < -0.4 is 4.90 Å². The van der Waals surface area contributed by atoms with Gasteiger partial charge in [0.1, 0.15) is 5.82 Å². The minimum atomic E-state index is 0.123. The highest BCUT2D eigenvalue weighted by molar-refractivity contribution is 5.79. The van der Waals surface area contributed by atoms with E-state index in [1.165, 1.54) is 0 Å². The quantitative estimate of drug-likeness (QED) is 0.823. The molecular weight excluding hydrogens is 328 g/mol. The number of carbonyl (C=O) groups excluding carboxylic acids is 1. The molecule has 0 N–H and O–H groups in total. The van der Waals surface area contributed by atoms with Gasteiger partial charge in [-0.15, -0.1) is 0 Å². The number of piperidine rings is 1. The second kappa shape index (κ2) is 7.85. The van der Waals surface area contributed by atoms with E-state index < -0.39 is 0 Å². The zero-order valence-electron chi connectivity index (χ0n) is 16.1. The number of hydrogen-bond donors (Lipinski definition) is 0. The molecule has 3 heterocycles. The van der Waals surface area contributed by atoms with E-state index >= 15 is 0 Å². The van der Waals surface area contributed by atoms with Crippen molar-refractivity contribution >= 4 is 11.7 Å². The lowest BCUT2D eigenvalue weighted by Gasteiger charge is -2.34. The summed E-state index contributed by atoms with van der Waals surface area (Å²) in [5, 5.41) is 4.49. The highest BCUT2D eigenvalue weighted by Gasteiger charge is 2.28. The fourth-order valence-electron chi connectivity index (χ4n) is 3.61. The van der Waals surface area contributed by atoms with Crippen molar-refractivity contribution in [1.82, 2.24) is 24.6 Å². The van der Waals surface area contributed by atoms with Crippen molar-refractivity contribution in [1.29, 1.82) is 0 Å². The zero-order chi connectivity index (χ0) is 18.7. The number of amides is 1. The van der Waals surface area contributed by atoms with Crippen LogP contribution in [0, 0.1) is 19.8 Å². The average molecular weight is 356 g/mol. The van der Waals surface area contributed by atoms with Crippen molar-refractivity contribution in [2.45, 2.75) is 40.5 Å². The van der Waals surface area contributed by atoms with Gasteiger partial charge in [-0.25, -0.2) is 9.67 Å². The van der Waals surface area contributed by atoms with Crippen LogP contribution in [0.25, 0.3) is 5.82 Å². The van der Waals surface area contributed by atoms with Crippen LogP contribution in [0.5, 0.6) is 0 Å². The summed E-state index contributed by atoms with van der Waals surface area (Å²) in [5.74, 6) is 1.99. The lowest BCUT2D eigenvalue weighted by atomic mass is 9.95. The highest BCUT2D eigenvalue weighted by atomic mass is 16.2. The van der Waals surface area contributed by atoms with Gasteiger partial charge in [0.2, 0.25) is 5.91 Å². The number of rotatable bonds is 5. The molecule has 1 amide bonds. The Morgan fingerprint density at radius 3 is 2.38 bits per heavy atom. The van der Waals surface area contributed by atoms with Crippen LogP contribution in [0.3, 0.4) is 0 Å². The summed E-state index contributed by atoms with van der Waals surface area (Å²) in [6, 6.07) is 2.03. The Bertz CT molecular complexity index is 759. The third kappa shape index (κ3) is 3.71. The van der Waals surface area contributed by atoms with Gasteiger partial charge in [0.25, 0.3) is 0 Å². The molecule has 1 saturated heterocycles. The maximum Gasteiger partial charge on any atom is 0.225 e. The molecule has 0 saturated carbocycles. The number of carbonyl (C=O) groups is 1. The molecule has 1 aliphatic heterocycles. The molecular formula is C19H28N6O. The summed E-state index contributed by atoms with van der Waals surface area (Å²) in [6.45, 7) is 11.3. The van der Waals surface area contributed by atoms with Gasteiger partial charge in [0, 0.05) is 37.8 Å². The molecule has 0 atom stereocenters. The van der Waals surface area contributed by atoms with Crippen LogP contribution in [0.4, 0.5) is 5.82 Å². The molecule has 1 aliphatic rings. The first-order valence-corrected chi connectivity index (χ1v) is 9.42. The zero-order valence-corrected chi connectivity index (χ0v) is 16.1. The Labute approximate surface area is 155 Å². The monoisotopic (exact) mass is 356 g/mol. The van der Waals surface area contributed by atoms with Crippen molar-refractivity contribution in [2.24, 2.45) is 5.92 Å². The van der Waals surface area contributed by atoms with Crippen LogP contribution >= 0.6 is 0 Å². The normalized spacial score (nSPS) is 15.3. The van der Waals surface area contributed by atoms with Crippen LogP contribution in [-0.4, -0.2) is 56.7 Å². The Morgan fingerprint density at radius 2 is 1.81 bits per heavy atom. The first-order valence-electron chi connectivity index (χ1n) is 9.42. The van der Waals surface area contributed by atoms with E-state index in [-0.39, 0.29) is 11.8 Å².